The van der Waals surface area contributed by atoms with E-state index in [0.29, 0.717) is 43.8 Å². The molecule has 36 heavy (non-hydrogen) atoms. The van der Waals surface area contributed by atoms with Crippen LogP contribution in [0.3, 0.4) is 0 Å². The van der Waals surface area contributed by atoms with Gasteiger partial charge in [0.25, 0.3) is 0 Å². The quantitative estimate of drug-likeness (QED) is 0.498. The van der Waals surface area contributed by atoms with Crippen LogP contribution in [-0.4, -0.2) is 55.1 Å². The third kappa shape index (κ3) is 4.99. The minimum atomic E-state index is -4.92. The third-order valence-electron chi connectivity index (χ3n) is 7.28. The van der Waals surface area contributed by atoms with Crippen LogP contribution in [0.4, 0.5) is 26.3 Å². The number of hydrogen-bond donors (Lipinski definition) is 0. The zero-order valence-electron chi connectivity index (χ0n) is 20.0. The average molecular weight is 519 g/mol. The summed E-state index contributed by atoms with van der Waals surface area (Å²) in [6.45, 7) is 5.73. The van der Waals surface area contributed by atoms with Gasteiger partial charge in [0, 0.05) is 17.5 Å². The van der Waals surface area contributed by atoms with Crippen LogP contribution in [0, 0.1) is 0 Å². The Morgan fingerprint density at radius 2 is 1.75 bits per heavy atom. The maximum absolute atomic E-state index is 13.2. The lowest BCUT2D eigenvalue weighted by Gasteiger charge is -2.47. The number of halogens is 6. The van der Waals surface area contributed by atoms with Gasteiger partial charge in [0.05, 0.1) is 23.8 Å². The third-order valence-corrected chi connectivity index (χ3v) is 7.28. The SMILES string of the molecule is CCN1C2CCC(OCc3cc(C(F)(F)F)cc(C(F)(F)F)c3)C1(C)CC2c1nnnn1CC(C)=O. The van der Waals surface area contributed by atoms with Gasteiger partial charge in [0.2, 0.25) is 0 Å². The smallest absolute Gasteiger partial charge is 0.372 e. The standard InChI is InChI=1S/C23H27F6N5O2/c1-4-33-18-5-6-19(21(33,3)10-17(18)20-30-31-32-34(20)11-13(2)35)36-12-14-7-15(22(24,25)26)9-16(8-14)23(27,28)29/h7-9,17-19H,4-6,10-12H2,1-3H3. The average Bonchev–Trinajstić information content (AvgIpc) is 3.29. The number of alkyl halides is 6. The molecule has 3 heterocycles. The highest BCUT2D eigenvalue weighted by Gasteiger charge is 2.57. The molecule has 2 bridgehead atoms. The fourth-order valence-corrected chi connectivity index (χ4v) is 5.82. The Morgan fingerprint density at radius 3 is 2.31 bits per heavy atom. The fourth-order valence-electron chi connectivity index (χ4n) is 5.82. The van der Waals surface area contributed by atoms with Crippen molar-refractivity contribution in [3.8, 4) is 0 Å². The van der Waals surface area contributed by atoms with Crippen LogP contribution in [0.15, 0.2) is 18.2 Å². The molecule has 0 aliphatic carbocycles. The number of nitrogens with zero attached hydrogens (tertiary/aromatic N) is 5. The molecule has 2 aliphatic heterocycles. The van der Waals surface area contributed by atoms with Gasteiger partial charge in [0.1, 0.15) is 6.54 Å². The fraction of sp³-hybridized carbons (Fsp3) is 0.652. The van der Waals surface area contributed by atoms with Crippen LogP contribution >= 0.6 is 0 Å². The summed E-state index contributed by atoms with van der Waals surface area (Å²) in [7, 11) is 0. The normalized spacial score (nSPS) is 27.0. The summed E-state index contributed by atoms with van der Waals surface area (Å²) in [6, 6.07) is 1.59. The number of piperidine rings is 1. The molecular weight excluding hydrogens is 492 g/mol. The summed E-state index contributed by atoms with van der Waals surface area (Å²) in [5, 5.41) is 11.8. The van der Waals surface area contributed by atoms with E-state index >= 15 is 0 Å². The lowest BCUT2D eigenvalue weighted by molar-refractivity contribution is -0.143. The number of carbonyl (C=O) groups is 1. The summed E-state index contributed by atoms with van der Waals surface area (Å²) in [5.74, 6) is 0.401. The molecule has 0 saturated carbocycles. The van der Waals surface area contributed by atoms with Crippen molar-refractivity contribution in [3.05, 3.63) is 40.7 Å². The monoisotopic (exact) mass is 519 g/mol. The summed E-state index contributed by atoms with van der Waals surface area (Å²) in [6.07, 6.45) is -8.43. The molecule has 198 valence electrons. The highest BCUT2D eigenvalue weighted by atomic mass is 19.4. The lowest BCUT2D eigenvalue weighted by atomic mass is 9.86. The molecule has 0 N–H and O–H groups in total. The van der Waals surface area contributed by atoms with Gasteiger partial charge in [0.15, 0.2) is 11.6 Å². The Morgan fingerprint density at radius 1 is 1.11 bits per heavy atom. The molecule has 4 atom stereocenters. The van der Waals surface area contributed by atoms with E-state index < -0.39 is 35.1 Å². The Bertz CT molecular complexity index is 1080. The van der Waals surface area contributed by atoms with Gasteiger partial charge in [-0.15, -0.1) is 5.10 Å². The number of rotatable bonds is 7. The van der Waals surface area contributed by atoms with Crippen LogP contribution < -0.4 is 0 Å². The number of aromatic nitrogens is 4. The summed E-state index contributed by atoms with van der Waals surface area (Å²) < 4.78 is 87.0. The Labute approximate surface area is 203 Å². The van der Waals surface area contributed by atoms with E-state index in [1.54, 1.807) is 0 Å². The van der Waals surface area contributed by atoms with E-state index in [2.05, 4.69) is 20.4 Å². The molecular formula is C23H27F6N5O2. The molecule has 0 spiro atoms. The van der Waals surface area contributed by atoms with Crippen LogP contribution in [0.5, 0.6) is 0 Å². The van der Waals surface area contributed by atoms with Crippen molar-refractivity contribution in [2.24, 2.45) is 0 Å². The zero-order chi connectivity index (χ0) is 26.5. The number of Topliss-reactive ketones (excluding diaryl/α,β-unsaturated/α-hetero) is 1. The first-order valence-corrected chi connectivity index (χ1v) is 11.7. The highest BCUT2D eigenvalue weighted by Crippen LogP contribution is 2.51. The van der Waals surface area contributed by atoms with Crippen molar-refractivity contribution in [1.29, 1.82) is 0 Å². The van der Waals surface area contributed by atoms with E-state index in [1.165, 1.54) is 11.6 Å². The molecule has 1 aromatic heterocycles. The molecule has 4 rings (SSSR count). The number of fused-ring (bicyclic) bond motifs is 2. The zero-order valence-corrected chi connectivity index (χ0v) is 20.0. The minimum Gasteiger partial charge on any atom is -0.372 e. The molecule has 2 aromatic rings. The largest absolute Gasteiger partial charge is 0.416 e. The number of carbonyl (C=O) groups excluding carboxylic acids is 1. The van der Waals surface area contributed by atoms with Gasteiger partial charge in [-0.1, -0.05) is 6.92 Å². The van der Waals surface area contributed by atoms with Crippen LogP contribution in [0.2, 0.25) is 0 Å². The first-order valence-electron chi connectivity index (χ1n) is 11.7. The van der Waals surface area contributed by atoms with Gasteiger partial charge in [-0.25, -0.2) is 4.68 Å². The van der Waals surface area contributed by atoms with Gasteiger partial charge < -0.3 is 4.74 Å². The number of tetrazole rings is 1. The number of benzene rings is 1. The number of likely N-dealkylation sites (N-methyl/N-ethyl adjacent to an activating group) is 1. The van der Waals surface area contributed by atoms with E-state index in [-0.39, 0.29) is 42.5 Å². The van der Waals surface area contributed by atoms with Crippen molar-refractivity contribution >= 4 is 5.78 Å². The van der Waals surface area contributed by atoms with Crippen molar-refractivity contribution in [3.63, 3.8) is 0 Å². The lowest BCUT2D eigenvalue weighted by Crippen LogP contribution is -2.57. The second-order valence-corrected chi connectivity index (χ2v) is 9.71. The second kappa shape index (κ2) is 9.40. The molecule has 2 saturated heterocycles. The number of hydrogen-bond acceptors (Lipinski definition) is 6. The minimum absolute atomic E-state index is 0.0470. The molecule has 2 fully saturated rings. The molecule has 4 unspecified atom stereocenters. The van der Waals surface area contributed by atoms with E-state index in [9.17, 15) is 31.1 Å². The summed E-state index contributed by atoms with van der Waals surface area (Å²) in [4.78, 5) is 13.9. The van der Waals surface area contributed by atoms with E-state index in [0.717, 1.165) is 0 Å². The van der Waals surface area contributed by atoms with Gasteiger partial charge in [-0.2, -0.15) is 26.3 Å². The van der Waals surface area contributed by atoms with Crippen molar-refractivity contribution in [2.75, 3.05) is 6.54 Å². The molecule has 7 nitrogen and oxygen atoms in total. The van der Waals surface area contributed by atoms with Crippen LogP contribution in [0.25, 0.3) is 0 Å². The Kier molecular flexibility index (Phi) is 6.93. The van der Waals surface area contributed by atoms with Crippen molar-refractivity contribution in [1.82, 2.24) is 25.1 Å². The first-order chi connectivity index (χ1) is 16.7. The second-order valence-electron chi connectivity index (χ2n) is 9.71. The van der Waals surface area contributed by atoms with Crippen LogP contribution in [-0.2, 0) is 35.0 Å². The number of ether oxygens (including phenoxy) is 1. The Hall–Kier alpha value is -2.54. The molecule has 0 amide bonds. The number of ketones is 1. The molecule has 1 aromatic carbocycles. The highest BCUT2D eigenvalue weighted by molar-refractivity contribution is 5.75. The Balaban J connectivity index is 1.58. The van der Waals surface area contributed by atoms with Crippen molar-refractivity contribution < 1.29 is 35.9 Å². The maximum atomic E-state index is 13.2. The van der Waals surface area contributed by atoms with Crippen LogP contribution in [0.1, 0.15) is 68.5 Å². The van der Waals surface area contributed by atoms with Gasteiger partial charge in [-0.3, -0.25) is 9.69 Å². The molecule has 0 radical (unpaired) electrons. The first kappa shape index (κ1) is 26.5. The van der Waals surface area contributed by atoms with E-state index in [4.69, 9.17) is 4.74 Å². The predicted molar refractivity (Wildman–Crippen MR) is 115 cm³/mol. The topological polar surface area (TPSA) is 73.1 Å². The van der Waals surface area contributed by atoms with Crippen molar-refractivity contribution in [2.45, 2.75) is 89.1 Å². The molecule has 13 heteroatoms. The van der Waals surface area contributed by atoms with Gasteiger partial charge >= 0.3 is 12.4 Å². The summed E-state index contributed by atoms with van der Waals surface area (Å²) >= 11 is 0. The van der Waals surface area contributed by atoms with Gasteiger partial charge in [-0.05, 0) is 73.8 Å². The summed E-state index contributed by atoms with van der Waals surface area (Å²) in [5.41, 5.74) is -3.45. The molecule has 2 aliphatic rings. The van der Waals surface area contributed by atoms with E-state index in [1.807, 2.05) is 13.8 Å². The maximum Gasteiger partial charge on any atom is 0.416 e. The predicted octanol–water partition coefficient (Wildman–Crippen LogP) is 4.62.